The number of halogens is 1. The zero-order valence-corrected chi connectivity index (χ0v) is 33.6. The van der Waals surface area contributed by atoms with E-state index in [4.69, 9.17) is 30.5 Å². The van der Waals surface area contributed by atoms with Crippen LogP contribution in [0.25, 0.3) is 0 Å². The summed E-state index contributed by atoms with van der Waals surface area (Å²) in [7, 11) is 0. The smallest absolute Gasteiger partial charge is 0.137 e. The molecular formula is C51H51ClO5. The average molecular weight is 779 g/mol. The SMILES string of the molecule is Cc1ccc(C(C)(C)c2cc([C@]3(O)C=C(COCc4ccccc4)[C@@H](OCc4ccccc4)[C@H](OCc4ccccc4)[C@H]3OCc3ccccc3)ccc2Cl)cc1. The molecule has 4 atom stereocenters. The van der Waals surface area contributed by atoms with Crippen LogP contribution >= 0.6 is 11.6 Å². The quantitative estimate of drug-likeness (QED) is 0.0992. The van der Waals surface area contributed by atoms with Gasteiger partial charge < -0.3 is 24.1 Å². The van der Waals surface area contributed by atoms with Crippen LogP contribution in [-0.4, -0.2) is 30.0 Å². The maximum atomic E-state index is 13.5. The fraction of sp³-hybridized carbons (Fsp3) is 0.255. The molecule has 1 aliphatic carbocycles. The fourth-order valence-corrected chi connectivity index (χ4v) is 7.92. The van der Waals surface area contributed by atoms with Gasteiger partial charge in [-0.3, -0.25) is 0 Å². The lowest BCUT2D eigenvalue weighted by molar-refractivity contribution is -0.204. The number of hydrogen-bond donors (Lipinski definition) is 1. The molecule has 7 rings (SSSR count). The van der Waals surface area contributed by atoms with Crippen LogP contribution in [0.2, 0.25) is 5.02 Å². The van der Waals surface area contributed by atoms with Crippen molar-refractivity contribution in [3.05, 3.63) is 225 Å². The van der Waals surface area contributed by atoms with Crippen LogP contribution in [0.1, 0.15) is 58.4 Å². The predicted octanol–water partition coefficient (Wildman–Crippen LogP) is 11.1. The normalized spacial score (nSPS) is 19.6. The molecule has 0 amide bonds. The standard InChI is InChI=1S/C51H51ClO5/c1-37-24-26-43(27-25-37)50(2,3)45-30-44(28-29-46(45)52)51(53)31-42(36-54-32-38-16-8-4-9-17-38)47(55-33-39-18-10-5-11-19-39)48(56-34-40-20-12-6-13-21-40)49(51)57-35-41-22-14-7-15-23-41/h4-31,47-49,53H,32-36H2,1-3H3/t47-,48+,49-,51-/m1/s1. The molecule has 0 aliphatic heterocycles. The second-order valence-corrected chi connectivity index (χ2v) is 15.8. The van der Waals surface area contributed by atoms with Crippen molar-refractivity contribution in [1.29, 1.82) is 0 Å². The van der Waals surface area contributed by atoms with Crippen LogP contribution < -0.4 is 0 Å². The molecule has 6 aromatic carbocycles. The number of aliphatic hydroxyl groups is 1. The van der Waals surface area contributed by atoms with E-state index in [9.17, 15) is 5.11 Å². The first kappa shape index (κ1) is 40.4. The molecule has 6 heteroatoms. The monoisotopic (exact) mass is 778 g/mol. The second-order valence-electron chi connectivity index (χ2n) is 15.4. The maximum Gasteiger partial charge on any atom is 0.137 e. The van der Waals surface area contributed by atoms with Crippen LogP contribution in [0, 0.1) is 6.92 Å². The summed E-state index contributed by atoms with van der Waals surface area (Å²) >= 11 is 7.06. The lowest BCUT2D eigenvalue weighted by Gasteiger charge is -2.46. The third kappa shape index (κ3) is 9.82. The van der Waals surface area contributed by atoms with Gasteiger partial charge in [-0.2, -0.15) is 0 Å². The van der Waals surface area contributed by atoms with Gasteiger partial charge in [0.2, 0.25) is 0 Å². The summed E-state index contributed by atoms with van der Waals surface area (Å²) in [5.74, 6) is 0. The molecule has 0 unspecified atom stereocenters. The summed E-state index contributed by atoms with van der Waals surface area (Å²) in [4.78, 5) is 0. The third-order valence-corrected chi connectivity index (χ3v) is 11.2. The van der Waals surface area contributed by atoms with Crippen LogP contribution in [-0.2, 0) is 56.4 Å². The Kier molecular flexibility index (Phi) is 13.2. The molecule has 0 heterocycles. The molecular weight excluding hydrogens is 728 g/mol. The Hall–Kier alpha value is -4.85. The van der Waals surface area contributed by atoms with Crippen molar-refractivity contribution >= 4 is 11.6 Å². The van der Waals surface area contributed by atoms with E-state index in [-0.39, 0.29) is 19.8 Å². The Labute approximate surface area is 342 Å². The van der Waals surface area contributed by atoms with E-state index in [0.717, 1.165) is 39.0 Å². The first-order chi connectivity index (χ1) is 27.7. The Bertz CT molecular complexity index is 2190. The molecule has 0 fully saturated rings. The van der Waals surface area contributed by atoms with Crippen LogP contribution in [0.5, 0.6) is 0 Å². The largest absolute Gasteiger partial charge is 0.378 e. The summed E-state index contributed by atoms with van der Waals surface area (Å²) in [6.07, 6.45) is -0.400. The van der Waals surface area contributed by atoms with Crippen molar-refractivity contribution in [2.24, 2.45) is 0 Å². The summed E-state index contributed by atoms with van der Waals surface area (Å²) in [6, 6.07) is 54.5. The van der Waals surface area contributed by atoms with Gasteiger partial charge in [-0.25, -0.2) is 0 Å². The lowest BCUT2D eigenvalue weighted by Crippen LogP contribution is -2.57. The maximum absolute atomic E-state index is 13.5. The van der Waals surface area contributed by atoms with Crippen molar-refractivity contribution in [3.8, 4) is 0 Å². The van der Waals surface area contributed by atoms with E-state index in [0.29, 0.717) is 23.8 Å². The van der Waals surface area contributed by atoms with Crippen molar-refractivity contribution in [3.63, 3.8) is 0 Å². The molecule has 6 aromatic rings. The van der Waals surface area contributed by atoms with Crippen molar-refractivity contribution < 1.29 is 24.1 Å². The molecule has 0 aromatic heterocycles. The minimum Gasteiger partial charge on any atom is -0.378 e. The minimum absolute atomic E-state index is 0.197. The Balaban J connectivity index is 1.35. The molecule has 0 saturated carbocycles. The van der Waals surface area contributed by atoms with Crippen molar-refractivity contribution in [2.75, 3.05) is 6.61 Å². The molecule has 0 spiro atoms. The van der Waals surface area contributed by atoms with E-state index < -0.39 is 29.3 Å². The molecule has 292 valence electrons. The van der Waals surface area contributed by atoms with Gasteiger partial charge in [-0.15, -0.1) is 0 Å². The summed E-state index contributed by atoms with van der Waals surface area (Å²) < 4.78 is 27.2. The highest BCUT2D eigenvalue weighted by Gasteiger charge is 2.52. The summed E-state index contributed by atoms with van der Waals surface area (Å²) in [5, 5.41) is 14.1. The highest BCUT2D eigenvalue weighted by atomic mass is 35.5. The lowest BCUT2D eigenvalue weighted by atomic mass is 9.73. The topological polar surface area (TPSA) is 57.2 Å². The molecule has 0 radical (unpaired) electrons. The van der Waals surface area contributed by atoms with E-state index in [2.05, 4.69) is 45.0 Å². The van der Waals surface area contributed by atoms with Gasteiger partial charge in [-0.05, 0) is 63.6 Å². The second kappa shape index (κ2) is 18.6. The Morgan fingerprint density at radius 3 is 1.61 bits per heavy atom. The van der Waals surface area contributed by atoms with E-state index in [1.807, 2.05) is 146 Å². The van der Waals surface area contributed by atoms with Gasteiger partial charge >= 0.3 is 0 Å². The van der Waals surface area contributed by atoms with E-state index >= 15 is 0 Å². The number of benzene rings is 6. The summed E-state index contributed by atoms with van der Waals surface area (Å²) in [5.41, 5.74) is 6.45. The van der Waals surface area contributed by atoms with Gasteiger partial charge in [-0.1, -0.05) is 189 Å². The zero-order chi connectivity index (χ0) is 39.7. The number of aryl methyl sites for hydroxylation is 1. The van der Waals surface area contributed by atoms with Crippen LogP contribution in [0.3, 0.4) is 0 Å². The van der Waals surface area contributed by atoms with Gasteiger partial charge in [0.1, 0.15) is 23.9 Å². The van der Waals surface area contributed by atoms with E-state index in [1.165, 1.54) is 5.56 Å². The number of rotatable bonds is 16. The van der Waals surface area contributed by atoms with Crippen molar-refractivity contribution in [1.82, 2.24) is 0 Å². The van der Waals surface area contributed by atoms with Crippen LogP contribution in [0.4, 0.5) is 0 Å². The number of ether oxygens (including phenoxy) is 4. The fourth-order valence-electron chi connectivity index (χ4n) is 7.56. The van der Waals surface area contributed by atoms with Gasteiger partial charge in [0.25, 0.3) is 0 Å². The molecule has 1 aliphatic rings. The number of hydrogen-bond acceptors (Lipinski definition) is 5. The first-order valence-corrected chi connectivity index (χ1v) is 20.0. The van der Waals surface area contributed by atoms with Crippen LogP contribution in [0.15, 0.2) is 175 Å². The molecule has 1 N–H and O–H groups in total. The zero-order valence-electron chi connectivity index (χ0n) is 32.9. The van der Waals surface area contributed by atoms with Crippen molar-refractivity contribution in [2.45, 2.75) is 76.5 Å². The predicted molar refractivity (Wildman–Crippen MR) is 228 cm³/mol. The average Bonchev–Trinajstić information content (AvgIpc) is 3.24. The highest BCUT2D eigenvalue weighted by molar-refractivity contribution is 6.31. The molecule has 57 heavy (non-hydrogen) atoms. The van der Waals surface area contributed by atoms with Gasteiger partial charge in [0.05, 0.1) is 33.0 Å². The highest BCUT2D eigenvalue weighted by Crippen LogP contribution is 2.44. The summed E-state index contributed by atoms with van der Waals surface area (Å²) in [6.45, 7) is 7.84. The molecule has 5 nitrogen and oxygen atoms in total. The third-order valence-electron chi connectivity index (χ3n) is 10.9. The minimum atomic E-state index is -1.68. The first-order valence-electron chi connectivity index (χ1n) is 19.6. The van der Waals surface area contributed by atoms with Gasteiger partial charge in [0.15, 0.2) is 0 Å². The van der Waals surface area contributed by atoms with E-state index in [1.54, 1.807) is 0 Å². The molecule has 0 saturated heterocycles. The van der Waals surface area contributed by atoms with Gasteiger partial charge in [0, 0.05) is 10.4 Å². The Morgan fingerprint density at radius 2 is 1.07 bits per heavy atom. The molecule has 0 bridgehead atoms. The Morgan fingerprint density at radius 1 is 0.579 bits per heavy atom.